The zero-order valence-corrected chi connectivity index (χ0v) is 16.5. The number of aromatic nitrogens is 2. The third-order valence-corrected chi connectivity index (χ3v) is 5.58. The van der Waals surface area contributed by atoms with Crippen molar-refractivity contribution < 1.29 is 9.21 Å². The summed E-state index contributed by atoms with van der Waals surface area (Å²) in [5, 5.41) is 4.16. The fourth-order valence-corrected chi connectivity index (χ4v) is 3.91. The maximum Gasteiger partial charge on any atom is 0.257 e. The molecule has 0 saturated heterocycles. The van der Waals surface area contributed by atoms with Gasteiger partial charge in [0.2, 0.25) is 0 Å². The van der Waals surface area contributed by atoms with Crippen LogP contribution < -0.4 is 5.32 Å². The highest BCUT2D eigenvalue weighted by molar-refractivity contribution is 9.08. The van der Waals surface area contributed by atoms with E-state index >= 15 is 0 Å². The molecule has 4 aromatic rings. The third kappa shape index (κ3) is 3.84. The Kier molecular flexibility index (Phi) is 5.13. The number of nitrogens with one attached hydrogen (secondary N) is 1. The van der Waals surface area contributed by atoms with E-state index in [0.29, 0.717) is 22.1 Å². The third-order valence-electron chi connectivity index (χ3n) is 3.92. The molecule has 0 radical (unpaired) electrons. The van der Waals surface area contributed by atoms with E-state index < -0.39 is 0 Å². The van der Waals surface area contributed by atoms with Crippen LogP contribution in [-0.4, -0.2) is 15.9 Å². The quantitative estimate of drug-likeness (QED) is 0.410. The largest absolute Gasteiger partial charge is 0.463 e. The van der Waals surface area contributed by atoms with Gasteiger partial charge in [0.1, 0.15) is 5.69 Å². The molecule has 3 aromatic heterocycles. The molecule has 0 spiro atoms. The second-order valence-electron chi connectivity index (χ2n) is 5.69. The molecule has 4 rings (SSSR count). The van der Waals surface area contributed by atoms with Gasteiger partial charge in [0.25, 0.3) is 5.91 Å². The average molecular weight is 440 g/mol. The first-order chi connectivity index (χ1) is 13.2. The minimum absolute atomic E-state index is 0.197. The van der Waals surface area contributed by atoms with Crippen LogP contribution in [-0.2, 0) is 5.33 Å². The first kappa shape index (κ1) is 17.6. The van der Waals surface area contributed by atoms with Crippen LogP contribution in [0.4, 0.5) is 5.13 Å². The van der Waals surface area contributed by atoms with Crippen molar-refractivity contribution in [2.45, 2.75) is 5.33 Å². The molecule has 27 heavy (non-hydrogen) atoms. The number of pyridine rings is 1. The number of thiazole rings is 1. The molecule has 1 aromatic carbocycles. The predicted octanol–water partition coefficient (Wildman–Crippen LogP) is 5.61. The second-order valence-corrected chi connectivity index (χ2v) is 7.25. The van der Waals surface area contributed by atoms with E-state index in [2.05, 4.69) is 31.2 Å². The number of rotatable bonds is 5. The summed E-state index contributed by atoms with van der Waals surface area (Å²) in [7, 11) is 0. The summed E-state index contributed by atoms with van der Waals surface area (Å²) < 4.78 is 5.52. The maximum absolute atomic E-state index is 12.6. The zero-order chi connectivity index (χ0) is 18.6. The lowest BCUT2D eigenvalue weighted by Crippen LogP contribution is -2.11. The summed E-state index contributed by atoms with van der Waals surface area (Å²) >= 11 is 4.81. The highest BCUT2D eigenvalue weighted by atomic mass is 79.9. The Labute approximate surface area is 168 Å². The number of carbonyl (C=O) groups excluding carboxylic acids is 1. The number of amides is 1. The Balaban J connectivity index is 1.66. The molecule has 3 heterocycles. The summed E-state index contributed by atoms with van der Waals surface area (Å²) in [4.78, 5) is 22.1. The number of halogens is 1. The summed E-state index contributed by atoms with van der Waals surface area (Å²) in [6.07, 6.45) is 5.06. The summed E-state index contributed by atoms with van der Waals surface area (Å²) in [5.74, 6) is 0.456. The van der Waals surface area contributed by atoms with E-state index in [1.807, 2.05) is 36.4 Å². The fourth-order valence-electron chi connectivity index (χ4n) is 2.57. The number of anilines is 1. The van der Waals surface area contributed by atoms with Crippen molar-refractivity contribution in [1.29, 1.82) is 0 Å². The highest BCUT2D eigenvalue weighted by Crippen LogP contribution is 2.39. The van der Waals surface area contributed by atoms with Crippen LogP contribution in [0.1, 0.15) is 15.9 Å². The lowest BCUT2D eigenvalue weighted by Gasteiger charge is -2.02. The second kappa shape index (κ2) is 7.85. The van der Waals surface area contributed by atoms with Crippen molar-refractivity contribution in [3.05, 3.63) is 78.3 Å². The zero-order valence-electron chi connectivity index (χ0n) is 14.1. The van der Waals surface area contributed by atoms with Gasteiger partial charge in [0.05, 0.1) is 11.1 Å². The number of hydrogen-bond donors (Lipinski definition) is 1. The number of hydrogen-bond acceptors (Lipinski definition) is 5. The normalized spacial score (nSPS) is 10.7. The van der Waals surface area contributed by atoms with E-state index in [1.54, 1.807) is 30.8 Å². The smallest absolute Gasteiger partial charge is 0.257 e. The SMILES string of the molecule is O=C(Nc1nc(-c2ccco2)c(-c2ccncc2)s1)c1ccc(CBr)cc1. The van der Waals surface area contributed by atoms with Crippen molar-refractivity contribution in [1.82, 2.24) is 9.97 Å². The van der Waals surface area contributed by atoms with Gasteiger partial charge in [-0.3, -0.25) is 15.1 Å². The fraction of sp³-hybridized carbons (Fsp3) is 0.0500. The average Bonchev–Trinajstić information content (AvgIpc) is 3.38. The van der Waals surface area contributed by atoms with Gasteiger partial charge < -0.3 is 4.42 Å². The number of nitrogens with zero attached hydrogens (tertiary/aromatic N) is 2. The standard InChI is InChI=1S/C20H14BrN3O2S/c21-12-13-3-5-15(6-4-13)19(25)24-20-23-17(16-2-1-11-26-16)18(27-20)14-7-9-22-10-8-14/h1-11H,12H2,(H,23,24,25). The van der Waals surface area contributed by atoms with E-state index in [-0.39, 0.29) is 5.91 Å². The molecule has 0 fully saturated rings. The summed E-state index contributed by atoms with van der Waals surface area (Å²) in [6.45, 7) is 0. The molecular weight excluding hydrogens is 426 g/mol. The van der Waals surface area contributed by atoms with E-state index in [9.17, 15) is 4.79 Å². The van der Waals surface area contributed by atoms with Crippen LogP contribution in [0.5, 0.6) is 0 Å². The molecule has 0 aliphatic rings. The Morgan fingerprint density at radius 2 is 1.89 bits per heavy atom. The lowest BCUT2D eigenvalue weighted by atomic mass is 10.1. The number of carbonyl (C=O) groups is 1. The lowest BCUT2D eigenvalue weighted by molar-refractivity contribution is 0.102. The summed E-state index contributed by atoms with van der Waals surface area (Å²) in [6, 6.07) is 14.9. The topological polar surface area (TPSA) is 68.0 Å². The van der Waals surface area contributed by atoms with Gasteiger partial charge in [-0.25, -0.2) is 4.98 Å². The van der Waals surface area contributed by atoms with Gasteiger partial charge in [0.15, 0.2) is 10.9 Å². The highest BCUT2D eigenvalue weighted by Gasteiger charge is 2.18. The molecular formula is C20H14BrN3O2S. The van der Waals surface area contributed by atoms with Gasteiger partial charge in [-0.2, -0.15) is 0 Å². The molecule has 1 N–H and O–H groups in total. The molecule has 1 amide bonds. The van der Waals surface area contributed by atoms with Crippen molar-refractivity contribution in [2.24, 2.45) is 0 Å². The Bertz CT molecular complexity index is 1040. The van der Waals surface area contributed by atoms with Gasteiger partial charge in [-0.15, -0.1) is 0 Å². The van der Waals surface area contributed by atoms with Crippen LogP contribution in [0.25, 0.3) is 21.9 Å². The van der Waals surface area contributed by atoms with Crippen LogP contribution in [0, 0.1) is 0 Å². The van der Waals surface area contributed by atoms with Gasteiger partial charge in [0, 0.05) is 23.3 Å². The monoisotopic (exact) mass is 439 g/mol. The van der Waals surface area contributed by atoms with Crippen molar-refractivity contribution in [2.75, 3.05) is 5.32 Å². The minimum atomic E-state index is -0.197. The molecule has 0 atom stereocenters. The Morgan fingerprint density at radius 3 is 2.56 bits per heavy atom. The molecule has 0 aliphatic heterocycles. The maximum atomic E-state index is 12.6. The molecule has 5 nitrogen and oxygen atoms in total. The number of benzene rings is 1. The molecule has 0 aliphatic carbocycles. The summed E-state index contributed by atoms with van der Waals surface area (Å²) in [5.41, 5.74) is 3.36. The molecule has 0 saturated carbocycles. The minimum Gasteiger partial charge on any atom is -0.463 e. The van der Waals surface area contributed by atoms with E-state index in [4.69, 9.17) is 4.42 Å². The van der Waals surface area contributed by atoms with E-state index in [0.717, 1.165) is 21.3 Å². The van der Waals surface area contributed by atoms with Crippen LogP contribution in [0.3, 0.4) is 0 Å². The molecule has 0 bridgehead atoms. The van der Waals surface area contributed by atoms with Gasteiger partial charge in [-0.1, -0.05) is 39.4 Å². The van der Waals surface area contributed by atoms with Crippen molar-refractivity contribution >= 4 is 38.3 Å². The first-order valence-electron chi connectivity index (χ1n) is 8.16. The van der Waals surface area contributed by atoms with Crippen LogP contribution in [0.2, 0.25) is 0 Å². The van der Waals surface area contributed by atoms with Crippen molar-refractivity contribution in [3.8, 4) is 21.9 Å². The number of alkyl halides is 1. The Morgan fingerprint density at radius 1 is 1.11 bits per heavy atom. The number of furan rings is 1. The first-order valence-corrected chi connectivity index (χ1v) is 10.1. The van der Waals surface area contributed by atoms with Crippen molar-refractivity contribution in [3.63, 3.8) is 0 Å². The molecule has 134 valence electrons. The van der Waals surface area contributed by atoms with Gasteiger partial charge >= 0.3 is 0 Å². The predicted molar refractivity (Wildman–Crippen MR) is 110 cm³/mol. The van der Waals surface area contributed by atoms with E-state index in [1.165, 1.54) is 11.3 Å². The van der Waals surface area contributed by atoms with Gasteiger partial charge in [-0.05, 0) is 47.5 Å². The van der Waals surface area contributed by atoms with Crippen LogP contribution in [0.15, 0.2) is 71.6 Å². The molecule has 0 unspecified atom stereocenters. The van der Waals surface area contributed by atoms with Crippen LogP contribution >= 0.6 is 27.3 Å². The Hall–Kier alpha value is -2.77. The molecule has 7 heteroatoms.